The molecule has 1 heterocycles. The molecule has 0 saturated heterocycles. The predicted molar refractivity (Wildman–Crippen MR) is 109 cm³/mol. The molecule has 0 unspecified atom stereocenters. The molecule has 0 radical (unpaired) electrons. The highest BCUT2D eigenvalue weighted by molar-refractivity contribution is 6.05. The lowest BCUT2D eigenvalue weighted by molar-refractivity contribution is 0.0946. The third-order valence-corrected chi connectivity index (χ3v) is 4.42. The van der Waals surface area contributed by atoms with Crippen molar-refractivity contribution in [1.82, 2.24) is 5.32 Å². The number of anilines is 1. The molecule has 1 aromatic heterocycles. The highest BCUT2D eigenvalue weighted by Gasteiger charge is 2.14. The molecule has 0 aliphatic carbocycles. The molecule has 0 atom stereocenters. The summed E-state index contributed by atoms with van der Waals surface area (Å²) in [6.45, 7) is 6.76. The van der Waals surface area contributed by atoms with E-state index in [1.165, 1.54) is 5.56 Å². The molecular formula is C23H24N2O3. The van der Waals surface area contributed by atoms with Gasteiger partial charge >= 0.3 is 0 Å². The van der Waals surface area contributed by atoms with Crippen LogP contribution in [0.15, 0.2) is 71.3 Å². The maximum absolute atomic E-state index is 12.4. The van der Waals surface area contributed by atoms with Crippen molar-refractivity contribution in [3.63, 3.8) is 0 Å². The van der Waals surface area contributed by atoms with E-state index in [1.807, 2.05) is 24.3 Å². The van der Waals surface area contributed by atoms with E-state index < -0.39 is 0 Å². The minimum Gasteiger partial charge on any atom is -0.467 e. The first-order chi connectivity index (χ1) is 13.3. The molecule has 0 aliphatic heterocycles. The second-order valence-corrected chi connectivity index (χ2v) is 7.62. The van der Waals surface area contributed by atoms with Crippen LogP contribution in [-0.4, -0.2) is 11.8 Å². The normalized spacial score (nSPS) is 11.1. The summed E-state index contributed by atoms with van der Waals surface area (Å²) >= 11 is 0. The van der Waals surface area contributed by atoms with Gasteiger partial charge in [-0.25, -0.2) is 0 Å². The average molecular weight is 376 g/mol. The Bertz CT molecular complexity index is 935. The van der Waals surface area contributed by atoms with Crippen LogP contribution in [0.5, 0.6) is 0 Å². The van der Waals surface area contributed by atoms with Crippen molar-refractivity contribution in [2.24, 2.45) is 0 Å². The van der Waals surface area contributed by atoms with E-state index in [4.69, 9.17) is 4.42 Å². The summed E-state index contributed by atoms with van der Waals surface area (Å²) in [6, 6.07) is 17.9. The van der Waals surface area contributed by atoms with Gasteiger partial charge in [-0.15, -0.1) is 0 Å². The second-order valence-electron chi connectivity index (χ2n) is 7.62. The minimum atomic E-state index is -0.221. The number of hydrogen-bond donors (Lipinski definition) is 2. The molecule has 0 bridgehead atoms. The van der Waals surface area contributed by atoms with Crippen molar-refractivity contribution in [2.45, 2.75) is 32.7 Å². The summed E-state index contributed by atoms with van der Waals surface area (Å²) in [7, 11) is 0. The number of furan rings is 1. The Morgan fingerprint density at radius 1 is 0.857 bits per heavy atom. The smallest absolute Gasteiger partial charge is 0.255 e. The molecule has 0 aliphatic rings. The summed E-state index contributed by atoms with van der Waals surface area (Å²) in [5.41, 5.74) is 2.98. The second kappa shape index (κ2) is 8.13. The predicted octanol–water partition coefficient (Wildman–Crippen LogP) is 4.76. The Hall–Kier alpha value is -3.34. The molecule has 2 aromatic carbocycles. The molecule has 144 valence electrons. The number of amides is 2. The molecule has 0 saturated carbocycles. The number of nitrogens with one attached hydrogen (secondary N) is 2. The molecular weight excluding hydrogens is 352 g/mol. The molecule has 0 fully saturated rings. The zero-order chi connectivity index (χ0) is 20.1. The summed E-state index contributed by atoms with van der Waals surface area (Å²) in [5, 5.41) is 5.65. The molecule has 28 heavy (non-hydrogen) atoms. The number of carbonyl (C=O) groups is 2. The van der Waals surface area contributed by atoms with Gasteiger partial charge in [-0.3, -0.25) is 9.59 Å². The standard InChI is InChI=1S/C23H24N2O3/c1-23(2,3)18-10-12-19(13-11-18)25-22(27)17-8-6-16(7-9-17)21(26)24-15-20-5-4-14-28-20/h4-14H,15H2,1-3H3,(H,24,26)(H,25,27). The molecule has 5 nitrogen and oxygen atoms in total. The Morgan fingerprint density at radius 2 is 1.46 bits per heavy atom. The summed E-state index contributed by atoms with van der Waals surface area (Å²) in [5.74, 6) is 0.244. The Balaban J connectivity index is 1.59. The first kappa shape index (κ1) is 19.4. The van der Waals surface area contributed by atoms with Gasteiger partial charge in [-0.05, 0) is 59.5 Å². The largest absolute Gasteiger partial charge is 0.467 e. The molecule has 3 rings (SSSR count). The number of carbonyl (C=O) groups excluding carboxylic acids is 2. The third kappa shape index (κ3) is 4.88. The quantitative estimate of drug-likeness (QED) is 0.674. The lowest BCUT2D eigenvalue weighted by Gasteiger charge is -2.19. The van der Waals surface area contributed by atoms with Crippen molar-refractivity contribution in [2.75, 3.05) is 5.32 Å². The summed E-state index contributed by atoms with van der Waals surface area (Å²) < 4.78 is 5.19. The first-order valence-corrected chi connectivity index (χ1v) is 9.15. The average Bonchev–Trinajstić information content (AvgIpc) is 3.19. The number of hydrogen-bond acceptors (Lipinski definition) is 3. The van der Waals surface area contributed by atoms with Crippen LogP contribution >= 0.6 is 0 Å². The number of rotatable bonds is 5. The molecule has 2 amide bonds. The Labute approximate surface area is 164 Å². The first-order valence-electron chi connectivity index (χ1n) is 9.15. The van der Waals surface area contributed by atoms with Gasteiger partial charge in [0.1, 0.15) is 5.76 Å². The Kier molecular flexibility index (Phi) is 5.64. The van der Waals surface area contributed by atoms with Gasteiger partial charge in [0.2, 0.25) is 0 Å². The van der Waals surface area contributed by atoms with Crippen LogP contribution in [0.2, 0.25) is 0 Å². The fourth-order valence-corrected chi connectivity index (χ4v) is 2.71. The lowest BCUT2D eigenvalue weighted by Crippen LogP contribution is -2.22. The van der Waals surface area contributed by atoms with Gasteiger partial charge in [0.05, 0.1) is 12.8 Å². The van der Waals surface area contributed by atoms with Crippen molar-refractivity contribution in [1.29, 1.82) is 0 Å². The fourth-order valence-electron chi connectivity index (χ4n) is 2.71. The zero-order valence-corrected chi connectivity index (χ0v) is 16.3. The van der Waals surface area contributed by atoms with Crippen LogP contribution in [0.1, 0.15) is 52.8 Å². The molecule has 3 aromatic rings. The van der Waals surface area contributed by atoms with Crippen LogP contribution in [0.25, 0.3) is 0 Å². The van der Waals surface area contributed by atoms with E-state index in [9.17, 15) is 9.59 Å². The minimum absolute atomic E-state index is 0.0654. The van der Waals surface area contributed by atoms with Crippen LogP contribution in [-0.2, 0) is 12.0 Å². The third-order valence-electron chi connectivity index (χ3n) is 4.42. The highest BCUT2D eigenvalue weighted by atomic mass is 16.3. The van der Waals surface area contributed by atoms with Crippen LogP contribution in [0.3, 0.4) is 0 Å². The van der Waals surface area contributed by atoms with Gasteiger partial charge in [-0.2, -0.15) is 0 Å². The molecule has 5 heteroatoms. The Morgan fingerprint density at radius 3 is 2.00 bits per heavy atom. The zero-order valence-electron chi connectivity index (χ0n) is 16.3. The van der Waals surface area contributed by atoms with E-state index in [-0.39, 0.29) is 17.2 Å². The topological polar surface area (TPSA) is 71.3 Å². The van der Waals surface area contributed by atoms with Crippen LogP contribution in [0.4, 0.5) is 5.69 Å². The molecule has 0 spiro atoms. The van der Waals surface area contributed by atoms with Gasteiger partial charge < -0.3 is 15.1 Å². The lowest BCUT2D eigenvalue weighted by atomic mass is 9.87. The van der Waals surface area contributed by atoms with E-state index in [0.717, 1.165) is 5.69 Å². The highest BCUT2D eigenvalue weighted by Crippen LogP contribution is 2.23. The van der Waals surface area contributed by atoms with Crippen molar-refractivity contribution >= 4 is 17.5 Å². The molecule has 2 N–H and O–H groups in total. The maximum Gasteiger partial charge on any atom is 0.255 e. The van der Waals surface area contributed by atoms with E-state index in [0.29, 0.717) is 23.4 Å². The van der Waals surface area contributed by atoms with Gasteiger partial charge in [0.25, 0.3) is 11.8 Å². The van der Waals surface area contributed by atoms with Crippen molar-refractivity contribution in [3.8, 4) is 0 Å². The van der Waals surface area contributed by atoms with Crippen LogP contribution < -0.4 is 10.6 Å². The van der Waals surface area contributed by atoms with Crippen molar-refractivity contribution < 1.29 is 14.0 Å². The SMILES string of the molecule is CC(C)(C)c1ccc(NC(=O)c2ccc(C(=O)NCc3ccco3)cc2)cc1. The number of benzene rings is 2. The van der Waals surface area contributed by atoms with Gasteiger partial charge in [0, 0.05) is 16.8 Å². The summed E-state index contributed by atoms with van der Waals surface area (Å²) in [6.07, 6.45) is 1.56. The van der Waals surface area contributed by atoms with Crippen molar-refractivity contribution in [3.05, 3.63) is 89.4 Å². The van der Waals surface area contributed by atoms with Gasteiger partial charge in [-0.1, -0.05) is 32.9 Å². The van der Waals surface area contributed by atoms with Gasteiger partial charge in [0.15, 0.2) is 0 Å². The summed E-state index contributed by atoms with van der Waals surface area (Å²) in [4.78, 5) is 24.6. The van der Waals surface area contributed by atoms with E-state index >= 15 is 0 Å². The monoisotopic (exact) mass is 376 g/mol. The van der Waals surface area contributed by atoms with Crippen LogP contribution in [0, 0.1) is 0 Å². The van der Waals surface area contributed by atoms with E-state index in [2.05, 4.69) is 31.4 Å². The fraction of sp³-hybridized carbons (Fsp3) is 0.217. The van der Waals surface area contributed by atoms with E-state index in [1.54, 1.807) is 42.7 Å². The maximum atomic E-state index is 12.4.